The van der Waals surface area contributed by atoms with E-state index in [4.69, 9.17) is 17.3 Å². The summed E-state index contributed by atoms with van der Waals surface area (Å²) in [5, 5.41) is 19.9. The third-order valence-electron chi connectivity index (χ3n) is 2.59. The predicted octanol–water partition coefficient (Wildman–Crippen LogP) is 0.354. The van der Waals surface area contributed by atoms with E-state index in [0.29, 0.717) is 29.6 Å². The van der Waals surface area contributed by atoms with E-state index in [2.05, 4.69) is 15.0 Å². The van der Waals surface area contributed by atoms with Gasteiger partial charge in [0.05, 0.1) is 11.6 Å². The lowest BCUT2D eigenvalue weighted by atomic mass is 10.0. The lowest BCUT2D eigenvalue weighted by Gasteiger charge is -2.15. The largest absolute Gasteiger partial charge is 0.390 e. The van der Waals surface area contributed by atoms with Gasteiger partial charge in [0.2, 0.25) is 0 Å². The Balaban J connectivity index is 2.39. The summed E-state index contributed by atoms with van der Waals surface area (Å²) in [4.78, 5) is 10.7. The van der Waals surface area contributed by atoms with Gasteiger partial charge in [-0.1, -0.05) is 11.6 Å². The van der Waals surface area contributed by atoms with Gasteiger partial charge in [0.25, 0.3) is 0 Å². The summed E-state index contributed by atoms with van der Waals surface area (Å²) >= 11 is 5.87. The molecule has 0 saturated carbocycles. The molecule has 2 aromatic rings. The lowest BCUT2D eigenvalue weighted by molar-refractivity contribution is 0.0158. The zero-order valence-electron chi connectivity index (χ0n) is 8.97. The number of halogens is 1. The first-order valence-corrected chi connectivity index (χ1v) is 5.56. The molecule has 2 unspecified atom stereocenters. The molecule has 0 aromatic carbocycles. The molecule has 2 heterocycles. The van der Waals surface area contributed by atoms with Gasteiger partial charge in [-0.25, -0.2) is 9.97 Å². The average Bonchev–Trinajstić information content (AvgIpc) is 2.73. The Labute approximate surface area is 102 Å². The van der Waals surface area contributed by atoms with E-state index in [0.717, 1.165) is 0 Å². The third-order valence-corrected chi connectivity index (χ3v) is 2.88. The highest BCUT2D eigenvalue weighted by Crippen LogP contribution is 2.28. The van der Waals surface area contributed by atoms with Crippen LogP contribution in [0.2, 0.25) is 5.15 Å². The van der Waals surface area contributed by atoms with Crippen molar-refractivity contribution >= 4 is 22.6 Å². The van der Waals surface area contributed by atoms with Crippen molar-refractivity contribution in [1.82, 2.24) is 15.0 Å². The van der Waals surface area contributed by atoms with E-state index in [9.17, 15) is 10.2 Å². The Morgan fingerprint density at radius 3 is 2.88 bits per heavy atom. The second-order valence-electron chi connectivity index (χ2n) is 3.72. The second-order valence-corrected chi connectivity index (χ2v) is 4.08. The molecule has 0 bridgehead atoms. The van der Waals surface area contributed by atoms with Crippen molar-refractivity contribution in [3.63, 3.8) is 0 Å². The molecular weight excluding hydrogens is 244 g/mol. The second kappa shape index (κ2) is 4.97. The molecule has 0 aliphatic rings. The Bertz CT molecular complexity index is 516. The van der Waals surface area contributed by atoms with E-state index < -0.39 is 12.2 Å². The van der Waals surface area contributed by atoms with E-state index >= 15 is 0 Å². The summed E-state index contributed by atoms with van der Waals surface area (Å²) in [5.41, 5.74) is 6.88. The van der Waals surface area contributed by atoms with Gasteiger partial charge in [0.1, 0.15) is 17.9 Å². The molecule has 2 atom stereocenters. The fourth-order valence-corrected chi connectivity index (χ4v) is 1.88. The number of aliphatic hydroxyl groups is 2. The third kappa shape index (κ3) is 2.25. The van der Waals surface area contributed by atoms with E-state index in [1.165, 1.54) is 6.33 Å². The van der Waals surface area contributed by atoms with Crippen molar-refractivity contribution in [3.05, 3.63) is 23.2 Å². The monoisotopic (exact) mass is 256 g/mol. The number of aromatic nitrogens is 3. The van der Waals surface area contributed by atoms with Crippen LogP contribution in [-0.4, -0.2) is 37.8 Å². The summed E-state index contributed by atoms with van der Waals surface area (Å²) in [6.45, 7) is 0.302. The highest BCUT2D eigenvalue weighted by Gasteiger charge is 2.22. The molecule has 7 heteroatoms. The Kier molecular flexibility index (Phi) is 3.58. The highest BCUT2D eigenvalue weighted by atomic mass is 35.5. The minimum absolute atomic E-state index is 0.279. The van der Waals surface area contributed by atoms with Gasteiger partial charge in [0.15, 0.2) is 5.15 Å². The SMILES string of the molecule is NCCC(O)C(O)c1c[nH]c2c(Cl)ncnc12. The van der Waals surface area contributed by atoms with E-state index in [1.54, 1.807) is 6.20 Å². The molecule has 6 nitrogen and oxygen atoms in total. The first kappa shape index (κ1) is 12.3. The number of hydrogen-bond donors (Lipinski definition) is 4. The average molecular weight is 257 g/mol. The zero-order valence-corrected chi connectivity index (χ0v) is 9.72. The van der Waals surface area contributed by atoms with Crippen LogP contribution in [0.3, 0.4) is 0 Å². The number of H-pyrrole nitrogens is 1. The first-order valence-electron chi connectivity index (χ1n) is 5.18. The summed E-state index contributed by atoms with van der Waals surface area (Å²) in [5.74, 6) is 0. The predicted molar refractivity (Wildman–Crippen MR) is 63.5 cm³/mol. The van der Waals surface area contributed by atoms with Crippen molar-refractivity contribution < 1.29 is 10.2 Å². The number of nitrogens with two attached hydrogens (primary N) is 1. The molecule has 5 N–H and O–H groups in total. The molecule has 0 aliphatic heterocycles. The molecule has 0 fully saturated rings. The van der Waals surface area contributed by atoms with Gasteiger partial charge in [-0.05, 0) is 13.0 Å². The van der Waals surface area contributed by atoms with Gasteiger partial charge >= 0.3 is 0 Å². The molecule has 2 rings (SSSR count). The van der Waals surface area contributed by atoms with Crippen LogP contribution in [0, 0.1) is 0 Å². The Hall–Kier alpha value is -1.21. The van der Waals surface area contributed by atoms with Crippen molar-refractivity contribution in [1.29, 1.82) is 0 Å². The van der Waals surface area contributed by atoms with Crippen LogP contribution in [0.15, 0.2) is 12.5 Å². The molecule has 0 amide bonds. The number of nitrogens with zero attached hydrogens (tertiary/aromatic N) is 2. The fraction of sp³-hybridized carbons (Fsp3) is 0.400. The topological polar surface area (TPSA) is 108 Å². The molecule has 0 spiro atoms. The van der Waals surface area contributed by atoms with Gasteiger partial charge in [0, 0.05) is 11.8 Å². The molecule has 0 radical (unpaired) electrons. The Morgan fingerprint density at radius 2 is 2.18 bits per heavy atom. The molecule has 92 valence electrons. The molecular formula is C10H13ClN4O2. The van der Waals surface area contributed by atoms with Gasteiger partial charge in [-0.3, -0.25) is 0 Å². The summed E-state index contributed by atoms with van der Waals surface area (Å²) < 4.78 is 0. The van der Waals surface area contributed by atoms with Gasteiger partial charge in [-0.15, -0.1) is 0 Å². The highest BCUT2D eigenvalue weighted by molar-refractivity contribution is 6.33. The maximum Gasteiger partial charge on any atom is 0.156 e. The smallest absolute Gasteiger partial charge is 0.156 e. The lowest BCUT2D eigenvalue weighted by Crippen LogP contribution is -2.21. The van der Waals surface area contributed by atoms with Gasteiger partial charge < -0.3 is 20.9 Å². The van der Waals surface area contributed by atoms with Crippen LogP contribution in [0.25, 0.3) is 11.0 Å². The number of rotatable bonds is 4. The van der Waals surface area contributed by atoms with Crippen LogP contribution in [-0.2, 0) is 0 Å². The molecule has 0 aliphatic carbocycles. The number of hydrogen-bond acceptors (Lipinski definition) is 5. The van der Waals surface area contributed by atoms with Crippen LogP contribution >= 0.6 is 11.6 Å². The van der Waals surface area contributed by atoms with Crippen LogP contribution < -0.4 is 5.73 Å². The summed E-state index contributed by atoms with van der Waals surface area (Å²) in [6, 6.07) is 0. The minimum Gasteiger partial charge on any atom is -0.390 e. The quantitative estimate of drug-likeness (QED) is 0.591. The fourth-order valence-electron chi connectivity index (χ4n) is 1.69. The van der Waals surface area contributed by atoms with Crippen molar-refractivity contribution in [2.24, 2.45) is 5.73 Å². The molecule has 17 heavy (non-hydrogen) atoms. The maximum atomic E-state index is 9.97. The maximum absolute atomic E-state index is 9.97. The Morgan fingerprint density at radius 1 is 1.41 bits per heavy atom. The number of aliphatic hydroxyl groups excluding tert-OH is 2. The standard InChI is InChI=1S/C10H13ClN4O2/c11-10-8-7(14-4-15-10)5(3-13-8)9(17)6(16)1-2-12/h3-4,6,9,13,16-17H,1-2,12H2. The van der Waals surface area contributed by atoms with Crippen LogP contribution in [0.1, 0.15) is 18.1 Å². The summed E-state index contributed by atoms with van der Waals surface area (Å²) in [6.07, 6.45) is 1.22. The number of nitrogens with one attached hydrogen (secondary N) is 1. The minimum atomic E-state index is -1.04. The zero-order chi connectivity index (χ0) is 12.4. The van der Waals surface area contributed by atoms with Crippen LogP contribution in [0.4, 0.5) is 0 Å². The van der Waals surface area contributed by atoms with E-state index in [-0.39, 0.29) is 5.15 Å². The van der Waals surface area contributed by atoms with Crippen molar-refractivity contribution in [3.8, 4) is 0 Å². The normalized spacial score (nSPS) is 15.1. The first-order chi connectivity index (χ1) is 8.15. The molecule has 2 aromatic heterocycles. The summed E-state index contributed by atoms with van der Waals surface area (Å²) in [7, 11) is 0. The molecule has 0 saturated heterocycles. The number of fused-ring (bicyclic) bond motifs is 1. The van der Waals surface area contributed by atoms with Crippen molar-refractivity contribution in [2.45, 2.75) is 18.6 Å². The van der Waals surface area contributed by atoms with Crippen molar-refractivity contribution in [2.75, 3.05) is 6.54 Å². The van der Waals surface area contributed by atoms with Crippen LogP contribution in [0.5, 0.6) is 0 Å². The van der Waals surface area contributed by atoms with Gasteiger partial charge in [-0.2, -0.15) is 0 Å². The van der Waals surface area contributed by atoms with E-state index in [1.807, 2.05) is 0 Å². The number of aromatic amines is 1.